The Morgan fingerprint density at radius 3 is 2.59 bits per heavy atom. The quantitative estimate of drug-likeness (QED) is 0.714. The molecule has 0 aromatic heterocycles. The van der Waals surface area contributed by atoms with E-state index in [4.69, 9.17) is 0 Å². The molecule has 0 radical (unpaired) electrons. The normalized spacial score (nSPS) is 12.8. The molecule has 0 aliphatic carbocycles. The molecule has 0 saturated carbocycles. The van der Waals surface area contributed by atoms with E-state index < -0.39 is 0 Å². The summed E-state index contributed by atoms with van der Waals surface area (Å²) in [6.45, 7) is 2.85. The third-order valence-corrected chi connectivity index (χ3v) is 5.23. The molecule has 0 saturated heterocycles. The number of nitrogens with zero attached hydrogens (tertiary/aromatic N) is 1. The molecule has 146 valence electrons. The first-order valence-corrected chi connectivity index (χ1v) is 9.52. The summed E-state index contributed by atoms with van der Waals surface area (Å²) in [7, 11) is 0. The number of fused-ring (bicyclic) bond motifs is 1. The van der Waals surface area contributed by atoms with E-state index in [2.05, 4.69) is 5.32 Å². The van der Waals surface area contributed by atoms with E-state index in [1.54, 1.807) is 29.2 Å². The maximum absolute atomic E-state index is 13.1. The van der Waals surface area contributed by atoms with Crippen LogP contribution in [-0.2, 0) is 24.3 Å². The number of hydrogen-bond donors (Lipinski definition) is 1. The minimum absolute atomic E-state index is 0.0261. The first kappa shape index (κ1) is 18.9. The number of aryl methyl sites for hydroxylation is 1. The van der Waals surface area contributed by atoms with Gasteiger partial charge in [0.25, 0.3) is 5.91 Å². The van der Waals surface area contributed by atoms with Gasteiger partial charge in [-0.1, -0.05) is 36.4 Å². The van der Waals surface area contributed by atoms with E-state index >= 15 is 0 Å². The van der Waals surface area contributed by atoms with Gasteiger partial charge in [-0.3, -0.25) is 9.59 Å². The number of amides is 2. The third-order valence-electron chi connectivity index (χ3n) is 5.23. The van der Waals surface area contributed by atoms with Gasteiger partial charge in [-0.2, -0.15) is 0 Å². The number of halogens is 1. The molecular formula is C24H21FN2O2. The fraction of sp³-hybridized carbons (Fsp3) is 0.167. The molecule has 1 aliphatic heterocycles. The molecule has 5 heteroatoms. The van der Waals surface area contributed by atoms with Crippen LogP contribution in [0.15, 0.2) is 66.7 Å². The zero-order valence-electron chi connectivity index (χ0n) is 16.1. The molecule has 0 spiro atoms. The molecule has 1 heterocycles. The number of nitrogens with one attached hydrogen (secondary N) is 1. The summed E-state index contributed by atoms with van der Waals surface area (Å²) < 4.78 is 13.1. The molecule has 0 unspecified atom stereocenters. The largest absolute Gasteiger partial charge is 0.348 e. The summed E-state index contributed by atoms with van der Waals surface area (Å²) in [5, 5.41) is 2.94. The van der Waals surface area contributed by atoms with Crippen LogP contribution in [0, 0.1) is 12.7 Å². The number of carbonyl (C=O) groups excluding carboxylic acids is 2. The van der Waals surface area contributed by atoms with Crippen LogP contribution in [0.5, 0.6) is 0 Å². The molecule has 4 rings (SSSR count). The first-order valence-electron chi connectivity index (χ1n) is 9.52. The summed E-state index contributed by atoms with van der Waals surface area (Å²) in [5.74, 6) is -0.495. The standard InChI is InChI=1S/C24H21FN2O2/c1-16-4-2-3-5-19(16)14-26-24(29)18-8-11-22-20(12-18)13-23(28)27(22)15-17-6-9-21(25)10-7-17/h2-12H,13-15H2,1H3,(H,26,29). The van der Waals surface area contributed by atoms with E-state index in [9.17, 15) is 14.0 Å². The highest BCUT2D eigenvalue weighted by molar-refractivity contribution is 6.03. The zero-order valence-corrected chi connectivity index (χ0v) is 16.1. The van der Waals surface area contributed by atoms with Gasteiger partial charge in [0.15, 0.2) is 0 Å². The monoisotopic (exact) mass is 388 g/mol. The van der Waals surface area contributed by atoms with Crippen molar-refractivity contribution in [1.82, 2.24) is 5.32 Å². The van der Waals surface area contributed by atoms with Crippen LogP contribution < -0.4 is 10.2 Å². The van der Waals surface area contributed by atoms with Crippen LogP contribution in [-0.4, -0.2) is 11.8 Å². The van der Waals surface area contributed by atoms with Gasteiger partial charge in [0.05, 0.1) is 13.0 Å². The molecule has 1 N–H and O–H groups in total. The molecule has 3 aromatic rings. The van der Waals surface area contributed by atoms with Crippen molar-refractivity contribution in [3.8, 4) is 0 Å². The lowest BCUT2D eigenvalue weighted by molar-refractivity contribution is -0.117. The van der Waals surface area contributed by atoms with Gasteiger partial charge in [0.1, 0.15) is 5.82 Å². The molecule has 4 nitrogen and oxygen atoms in total. The zero-order chi connectivity index (χ0) is 20.4. The second-order valence-electron chi connectivity index (χ2n) is 7.24. The van der Waals surface area contributed by atoms with E-state index in [0.717, 1.165) is 27.9 Å². The lowest BCUT2D eigenvalue weighted by Gasteiger charge is -2.18. The van der Waals surface area contributed by atoms with Crippen molar-refractivity contribution in [2.45, 2.75) is 26.4 Å². The summed E-state index contributed by atoms with van der Waals surface area (Å²) >= 11 is 0. The Morgan fingerprint density at radius 2 is 1.83 bits per heavy atom. The van der Waals surface area contributed by atoms with Crippen molar-refractivity contribution in [1.29, 1.82) is 0 Å². The fourth-order valence-electron chi connectivity index (χ4n) is 3.56. The van der Waals surface area contributed by atoms with Gasteiger partial charge < -0.3 is 10.2 Å². The van der Waals surface area contributed by atoms with Gasteiger partial charge in [-0.15, -0.1) is 0 Å². The van der Waals surface area contributed by atoms with E-state index in [1.807, 2.05) is 37.3 Å². The molecule has 0 atom stereocenters. The Morgan fingerprint density at radius 1 is 1.07 bits per heavy atom. The van der Waals surface area contributed by atoms with Gasteiger partial charge in [0.2, 0.25) is 5.91 Å². The lowest BCUT2D eigenvalue weighted by Crippen LogP contribution is -2.26. The SMILES string of the molecule is Cc1ccccc1CNC(=O)c1ccc2c(c1)CC(=O)N2Cc1ccc(F)cc1. The smallest absolute Gasteiger partial charge is 0.251 e. The van der Waals surface area contributed by atoms with E-state index in [0.29, 0.717) is 18.7 Å². The molecule has 29 heavy (non-hydrogen) atoms. The number of benzene rings is 3. The van der Waals surface area contributed by atoms with Crippen molar-refractivity contribution in [2.75, 3.05) is 4.90 Å². The maximum atomic E-state index is 13.1. The van der Waals surface area contributed by atoms with Crippen LogP contribution in [0.1, 0.15) is 32.6 Å². The molecule has 0 fully saturated rings. The van der Waals surface area contributed by atoms with E-state index in [-0.39, 0.29) is 24.1 Å². The summed E-state index contributed by atoms with van der Waals surface area (Å²) in [6.07, 6.45) is 0.259. The lowest BCUT2D eigenvalue weighted by atomic mass is 10.1. The van der Waals surface area contributed by atoms with E-state index in [1.165, 1.54) is 12.1 Å². The number of anilines is 1. The van der Waals surface area contributed by atoms with Crippen LogP contribution >= 0.6 is 0 Å². The van der Waals surface area contributed by atoms with Crippen LogP contribution in [0.3, 0.4) is 0 Å². The Balaban J connectivity index is 1.48. The molecule has 3 aromatic carbocycles. The Hall–Kier alpha value is -3.47. The van der Waals surface area contributed by atoms with Gasteiger partial charge in [-0.05, 0) is 59.5 Å². The van der Waals surface area contributed by atoms with Crippen LogP contribution in [0.25, 0.3) is 0 Å². The summed E-state index contributed by atoms with van der Waals surface area (Å²) in [5.41, 5.74) is 5.23. The average molecular weight is 388 g/mol. The molecule has 2 amide bonds. The van der Waals surface area contributed by atoms with Crippen molar-refractivity contribution >= 4 is 17.5 Å². The van der Waals surface area contributed by atoms with Crippen molar-refractivity contribution in [3.63, 3.8) is 0 Å². The molecule has 1 aliphatic rings. The molecule has 0 bridgehead atoms. The number of rotatable bonds is 5. The third kappa shape index (κ3) is 4.04. The van der Waals surface area contributed by atoms with Crippen molar-refractivity contribution in [3.05, 3.63) is 100 Å². The maximum Gasteiger partial charge on any atom is 0.251 e. The van der Waals surface area contributed by atoms with Crippen LogP contribution in [0.4, 0.5) is 10.1 Å². The second-order valence-corrected chi connectivity index (χ2v) is 7.24. The van der Waals surface area contributed by atoms with Gasteiger partial charge >= 0.3 is 0 Å². The van der Waals surface area contributed by atoms with Crippen LogP contribution in [0.2, 0.25) is 0 Å². The summed E-state index contributed by atoms with van der Waals surface area (Å²) in [6, 6.07) is 19.4. The number of hydrogen-bond acceptors (Lipinski definition) is 2. The minimum atomic E-state index is -0.303. The fourth-order valence-corrected chi connectivity index (χ4v) is 3.56. The Labute approximate surface area is 169 Å². The van der Waals surface area contributed by atoms with Crippen molar-refractivity contribution in [2.24, 2.45) is 0 Å². The predicted molar refractivity (Wildman–Crippen MR) is 110 cm³/mol. The highest BCUT2D eigenvalue weighted by Crippen LogP contribution is 2.31. The topological polar surface area (TPSA) is 49.4 Å². The highest BCUT2D eigenvalue weighted by atomic mass is 19.1. The van der Waals surface area contributed by atoms with Crippen molar-refractivity contribution < 1.29 is 14.0 Å². The highest BCUT2D eigenvalue weighted by Gasteiger charge is 2.28. The summed E-state index contributed by atoms with van der Waals surface area (Å²) in [4.78, 5) is 26.7. The Kier molecular flexibility index (Phi) is 5.12. The molecular weight excluding hydrogens is 367 g/mol. The average Bonchev–Trinajstić information content (AvgIpc) is 3.03. The van der Waals surface area contributed by atoms with Gasteiger partial charge in [0, 0.05) is 17.8 Å². The first-order chi connectivity index (χ1) is 14.0. The number of carbonyl (C=O) groups is 2. The Bertz CT molecular complexity index is 1080. The minimum Gasteiger partial charge on any atom is -0.348 e. The van der Waals surface area contributed by atoms with Gasteiger partial charge in [-0.25, -0.2) is 4.39 Å². The second kappa shape index (κ2) is 7.87. The predicted octanol–water partition coefficient (Wildman–Crippen LogP) is 4.15.